The molecule has 1 N–H and O–H groups in total. The fourth-order valence-corrected chi connectivity index (χ4v) is 2.46. The Morgan fingerprint density at radius 3 is 2.82 bits per heavy atom. The number of aromatic amines is 1. The SMILES string of the molecule is N#Cc1ccc2[nH]c3c(ccc(=O)n3I)c2c1. The van der Waals surface area contributed by atoms with Gasteiger partial charge in [-0.25, -0.2) is 2.78 Å². The Morgan fingerprint density at radius 1 is 1.24 bits per heavy atom. The molecule has 0 fully saturated rings. The van der Waals surface area contributed by atoms with Gasteiger partial charge in [-0.2, -0.15) is 5.26 Å². The molecule has 0 atom stereocenters. The lowest BCUT2D eigenvalue weighted by Crippen LogP contribution is -2.09. The highest BCUT2D eigenvalue weighted by atomic mass is 127. The van der Waals surface area contributed by atoms with Crippen LogP contribution in [-0.4, -0.2) is 7.76 Å². The number of nitrogens with one attached hydrogen (secondary N) is 1. The van der Waals surface area contributed by atoms with Gasteiger partial charge in [0.1, 0.15) is 5.65 Å². The Balaban J connectivity index is 2.56. The second-order valence-electron chi connectivity index (χ2n) is 3.71. The van der Waals surface area contributed by atoms with Crippen LogP contribution in [-0.2, 0) is 0 Å². The number of pyridine rings is 1. The van der Waals surface area contributed by atoms with Gasteiger partial charge >= 0.3 is 0 Å². The van der Waals surface area contributed by atoms with Gasteiger partial charge in [0.25, 0.3) is 5.56 Å². The second kappa shape index (κ2) is 3.60. The minimum Gasteiger partial charge on any atom is -0.340 e. The van der Waals surface area contributed by atoms with Crippen molar-refractivity contribution in [1.82, 2.24) is 7.76 Å². The third-order valence-electron chi connectivity index (χ3n) is 2.73. The van der Waals surface area contributed by atoms with Crippen molar-refractivity contribution in [3.8, 4) is 6.07 Å². The van der Waals surface area contributed by atoms with Crippen molar-refractivity contribution < 1.29 is 0 Å². The highest BCUT2D eigenvalue weighted by Crippen LogP contribution is 2.25. The van der Waals surface area contributed by atoms with Crippen LogP contribution >= 0.6 is 22.9 Å². The molecule has 2 heterocycles. The number of hydrogen-bond donors (Lipinski definition) is 1. The first-order valence-electron chi connectivity index (χ1n) is 4.94. The molecular weight excluding hydrogens is 329 g/mol. The molecule has 0 saturated heterocycles. The molecule has 17 heavy (non-hydrogen) atoms. The molecule has 2 aromatic heterocycles. The summed E-state index contributed by atoms with van der Waals surface area (Å²) in [6.07, 6.45) is 0. The van der Waals surface area contributed by atoms with Gasteiger partial charge in [-0.3, -0.25) is 4.79 Å². The fraction of sp³-hybridized carbons (Fsp3) is 0. The molecule has 0 aliphatic heterocycles. The molecule has 5 heteroatoms. The Morgan fingerprint density at radius 2 is 2.06 bits per heavy atom. The maximum absolute atomic E-state index is 11.5. The molecule has 3 rings (SSSR count). The number of rotatable bonds is 0. The summed E-state index contributed by atoms with van der Waals surface area (Å²) in [5, 5.41) is 10.8. The molecule has 0 aliphatic carbocycles. The molecule has 0 bridgehead atoms. The average molecular weight is 335 g/mol. The zero-order valence-electron chi connectivity index (χ0n) is 8.57. The Hall–Kier alpha value is -1.81. The molecule has 0 unspecified atom stereocenters. The van der Waals surface area contributed by atoms with Crippen LogP contribution in [0.3, 0.4) is 0 Å². The van der Waals surface area contributed by atoms with Crippen LogP contribution < -0.4 is 5.56 Å². The van der Waals surface area contributed by atoms with E-state index >= 15 is 0 Å². The van der Waals surface area contributed by atoms with E-state index in [2.05, 4.69) is 11.1 Å². The highest BCUT2D eigenvalue weighted by Gasteiger charge is 2.08. The summed E-state index contributed by atoms with van der Waals surface area (Å²) in [5.74, 6) is 0. The van der Waals surface area contributed by atoms with Crippen LogP contribution in [0.4, 0.5) is 0 Å². The normalized spacial score (nSPS) is 10.8. The van der Waals surface area contributed by atoms with Crippen molar-refractivity contribution in [2.45, 2.75) is 0 Å². The minimum atomic E-state index is -0.0647. The van der Waals surface area contributed by atoms with E-state index in [1.54, 1.807) is 14.9 Å². The topological polar surface area (TPSA) is 61.6 Å². The highest BCUT2D eigenvalue weighted by molar-refractivity contribution is 14.1. The number of benzene rings is 1. The van der Waals surface area contributed by atoms with Crippen molar-refractivity contribution in [2.75, 3.05) is 0 Å². The predicted molar refractivity (Wildman–Crippen MR) is 74.2 cm³/mol. The summed E-state index contributed by atoms with van der Waals surface area (Å²) < 4.78 is 1.54. The van der Waals surface area contributed by atoms with Gasteiger partial charge < -0.3 is 4.98 Å². The number of aromatic nitrogens is 2. The molecule has 0 amide bonds. The molecule has 4 nitrogen and oxygen atoms in total. The van der Waals surface area contributed by atoms with E-state index in [9.17, 15) is 4.79 Å². The van der Waals surface area contributed by atoms with Crippen LogP contribution in [0, 0.1) is 11.3 Å². The van der Waals surface area contributed by atoms with Crippen molar-refractivity contribution in [2.24, 2.45) is 0 Å². The Kier molecular flexibility index (Phi) is 2.19. The summed E-state index contributed by atoms with van der Waals surface area (Å²) in [6, 6.07) is 10.9. The summed E-state index contributed by atoms with van der Waals surface area (Å²) in [5.41, 5.74) is 2.24. The Labute approximate surface area is 110 Å². The van der Waals surface area contributed by atoms with Gasteiger partial charge in [0.05, 0.1) is 34.5 Å². The lowest BCUT2D eigenvalue weighted by atomic mass is 10.1. The van der Waals surface area contributed by atoms with E-state index in [0.29, 0.717) is 5.56 Å². The number of halogens is 1. The van der Waals surface area contributed by atoms with Crippen molar-refractivity contribution >= 4 is 44.8 Å². The second-order valence-corrected chi connectivity index (χ2v) is 4.68. The number of nitriles is 1. The zero-order valence-corrected chi connectivity index (χ0v) is 10.7. The van der Waals surface area contributed by atoms with E-state index < -0.39 is 0 Å². The van der Waals surface area contributed by atoms with Crippen LogP contribution in [0.15, 0.2) is 35.1 Å². The minimum absolute atomic E-state index is 0.0647. The third kappa shape index (κ3) is 1.45. The van der Waals surface area contributed by atoms with Crippen molar-refractivity contribution in [3.63, 3.8) is 0 Å². The third-order valence-corrected chi connectivity index (χ3v) is 3.69. The van der Waals surface area contributed by atoms with Gasteiger partial charge in [-0.15, -0.1) is 0 Å². The predicted octanol–water partition coefficient (Wildman–Crippen LogP) is 2.55. The van der Waals surface area contributed by atoms with E-state index in [0.717, 1.165) is 21.9 Å². The quantitative estimate of drug-likeness (QED) is 0.642. The first-order chi connectivity index (χ1) is 8.20. The lowest BCUT2D eigenvalue weighted by molar-refractivity contribution is 1.23. The van der Waals surface area contributed by atoms with Crippen LogP contribution in [0.2, 0.25) is 0 Å². The van der Waals surface area contributed by atoms with E-state index in [1.165, 1.54) is 6.07 Å². The molecule has 82 valence electrons. The first-order valence-corrected chi connectivity index (χ1v) is 5.91. The largest absolute Gasteiger partial charge is 0.340 e. The number of nitrogens with zero attached hydrogens (tertiary/aromatic N) is 2. The molecule has 0 radical (unpaired) electrons. The van der Waals surface area contributed by atoms with E-state index in [-0.39, 0.29) is 5.56 Å². The molecule has 0 saturated carbocycles. The lowest BCUT2D eigenvalue weighted by Gasteiger charge is -1.95. The Bertz CT molecular complexity index is 838. The van der Waals surface area contributed by atoms with Gasteiger partial charge in [-0.1, -0.05) is 0 Å². The molecular formula is C12H6IN3O. The standard InChI is InChI=1S/C12H6IN3O/c13-16-11(17)4-2-8-9-5-7(6-14)1-3-10(9)15-12(8)16/h1-5,15H. The van der Waals surface area contributed by atoms with Crippen molar-refractivity contribution in [3.05, 3.63) is 46.2 Å². The number of fused-ring (bicyclic) bond motifs is 3. The van der Waals surface area contributed by atoms with Gasteiger partial charge in [0.15, 0.2) is 0 Å². The average Bonchev–Trinajstić information content (AvgIpc) is 2.72. The fourth-order valence-electron chi connectivity index (χ4n) is 1.92. The van der Waals surface area contributed by atoms with Gasteiger partial charge in [0.2, 0.25) is 0 Å². The van der Waals surface area contributed by atoms with E-state index in [1.807, 2.05) is 35.0 Å². The number of H-pyrrole nitrogens is 1. The molecule has 3 aromatic rings. The van der Waals surface area contributed by atoms with Crippen LogP contribution in [0.25, 0.3) is 21.9 Å². The monoisotopic (exact) mass is 335 g/mol. The maximum atomic E-state index is 11.5. The maximum Gasteiger partial charge on any atom is 0.261 e. The first kappa shape index (κ1) is 10.4. The smallest absolute Gasteiger partial charge is 0.261 e. The summed E-state index contributed by atoms with van der Waals surface area (Å²) >= 11 is 1.96. The van der Waals surface area contributed by atoms with Gasteiger partial charge in [-0.05, 0) is 24.3 Å². The number of hydrogen-bond acceptors (Lipinski definition) is 2. The van der Waals surface area contributed by atoms with Crippen LogP contribution in [0.1, 0.15) is 5.56 Å². The summed E-state index contributed by atoms with van der Waals surface area (Å²) in [7, 11) is 0. The molecule has 0 spiro atoms. The van der Waals surface area contributed by atoms with Gasteiger partial charge in [0, 0.05) is 22.4 Å². The van der Waals surface area contributed by atoms with Crippen molar-refractivity contribution in [1.29, 1.82) is 5.26 Å². The summed E-state index contributed by atoms with van der Waals surface area (Å²) in [4.78, 5) is 14.7. The molecule has 1 aromatic carbocycles. The zero-order chi connectivity index (χ0) is 12.0. The molecule has 0 aliphatic rings. The van der Waals surface area contributed by atoms with Crippen LogP contribution in [0.5, 0.6) is 0 Å². The van der Waals surface area contributed by atoms with E-state index in [4.69, 9.17) is 5.26 Å². The summed E-state index contributed by atoms with van der Waals surface area (Å²) in [6.45, 7) is 0.